The van der Waals surface area contributed by atoms with Crippen molar-refractivity contribution in [3.63, 3.8) is 0 Å². The maximum absolute atomic E-state index is 12.8. The van der Waals surface area contributed by atoms with E-state index in [1.165, 1.54) is 0 Å². The van der Waals surface area contributed by atoms with E-state index in [2.05, 4.69) is 22.3 Å². The fraction of sp³-hybridized carbons (Fsp3) is 0.417. The smallest absolute Gasteiger partial charge is 0.407 e. The van der Waals surface area contributed by atoms with Crippen LogP contribution in [-0.2, 0) is 25.5 Å². The van der Waals surface area contributed by atoms with Gasteiger partial charge in [-0.15, -0.1) is 0 Å². The number of alkyl carbamates (subject to hydrolysis) is 1. The molecule has 1 atom stereocenters. The van der Waals surface area contributed by atoms with E-state index in [0.29, 0.717) is 32.7 Å². The van der Waals surface area contributed by atoms with Crippen molar-refractivity contribution < 1.29 is 29.0 Å². The zero-order valence-electron chi connectivity index (χ0n) is 26.3. The van der Waals surface area contributed by atoms with Crippen molar-refractivity contribution in [3.05, 3.63) is 89.5 Å². The van der Waals surface area contributed by atoms with Crippen molar-refractivity contribution in [2.75, 3.05) is 50.9 Å². The van der Waals surface area contributed by atoms with Crippen LogP contribution in [0.25, 0.3) is 11.1 Å². The Hall–Kier alpha value is -4.21. The van der Waals surface area contributed by atoms with Crippen LogP contribution >= 0.6 is 0 Å². The molecule has 2 N–H and O–H groups in total. The quantitative estimate of drug-likeness (QED) is 0.251. The highest BCUT2D eigenvalue weighted by atomic mass is 16.5. The van der Waals surface area contributed by atoms with Gasteiger partial charge in [-0.3, -0.25) is 9.69 Å². The number of hydrogen-bond acceptors (Lipinski definition) is 6. The molecule has 0 aromatic heterocycles. The van der Waals surface area contributed by atoms with Crippen molar-refractivity contribution in [2.45, 2.75) is 45.6 Å². The van der Waals surface area contributed by atoms with E-state index in [1.54, 1.807) is 0 Å². The number of benzene rings is 3. The highest BCUT2D eigenvalue weighted by Crippen LogP contribution is 2.44. The van der Waals surface area contributed by atoms with E-state index in [-0.39, 0.29) is 24.9 Å². The number of rotatable bonds is 13. The second-order valence-corrected chi connectivity index (χ2v) is 12.6. The van der Waals surface area contributed by atoms with Crippen LogP contribution in [0.4, 0.5) is 10.5 Å². The predicted molar refractivity (Wildman–Crippen MR) is 173 cm³/mol. The predicted octanol–water partition coefficient (Wildman–Crippen LogP) is 5.32. The topological polar surface area (TPSA) is 108 Å². The average Bonchev–Trinajstić information content (AvgIpc) is 3.34. The van der Waals surface area contributed by atoms with Crippen molar-refractivity contribution >= 4 is 23.7 Å². The van der Waals surface area contributed by atoms with Crippen molar-refractivity contribution in [1.29, 1.82) is 0 Å². The molecule has 1 aliphatic carbocycles. The number of anilines is 1. The van der Waals surface area contributed by atoms with E-state index < -0.39 is 23.5 Å². The van der Waals surface area contributed by atoms with Crippen LogP contribution in [0.15, 0.2) is 72.8 Å². The van der Waals surface area contributed by atoms with Crippen LogP contribution in [0.1, 0.15) is 49.8 Å². The number of carboxylic acid groups (broad SMARTS) is 1. The first-order valence-electron chi connectivity index (χ1n) is 15.7. The molecule has 2 amide bonds. The molecule has 3 aromatic rings. The highest BCUT2D eigenvalue weighted by molar-refractivity contribution is 5.95. The third-order valence-electron chi connectivity index (χ3n) is 8.68. The van der Waals surface area contributed by atoms with E-state index in [9.17, 15) is 19.5 Å². The lowest BCUT2D eigenvalue weighted by atomic mass is 9.80. The Morgan fingerprint density at radius 1 is 0.978 bits per heavy atom. The van der Waals surface area contributed by atoms with Crippen molar-refractivity contribution in [2.24, 2.45) is 5.41 Å². The maximum Gasteiger partial charge on any atom is 0.407 e. The number of nitrogens with zero attached hydrogens (tertiary/aromatic N) is 2. The summed E-state index contributed by atoms with van der Waals surface area (Å²) in [5.74, 6) is -1.15. The van der Waals surface area contributed by atoms with Crippen LogP contribution in [-0.4, -0.2) is 80.0 Å². The zero-order chi connectivity index (χ0) is 32.0. The summed E-state index contributed by atoms with van der Waals surface area (Å²) in [6.45, 7) is 9.88. The van der Waals surface area contributed by atoms with Gasteiger partial charge in [0.15, 0.2) is 0 Å². The molecule has 2 aliphatic rings. The van der Waals surface area contributed by atoms with Gasteiger partial charge in [0.2, 0.25) is 5.91 Å². The molecule has 1 saturated heterocycles. The summed E-state index contributed by atoms with van der Waals surface area (Å²) in [5, 5.41) is 12.5. The lowest BCUT2D eigenvalue weighted by Gasteiger charge is -2.34. The Balaban J connectivity index is 1.14. The van der Waals surface area contributed by atoms with Gasteiger partial charge in [-0.2, -0.15) is 0 Å². The summed E-state index contributed by atoms with van der Waals surface area (Å²) < 4.78 is 11.0. The summed E-state index contributed by atoms with van der Waals surface area (Å²) in [5.41, 5.74) is 5.88. The summed E-state index contributed by atoms with van der Waals surface area (Å²) in [6, 6.07) is 22.9. The van der Waals surface area contributed by atoms with E-state index in [4.69, 9.17) is 9.47 Å². The zero-order valence-corrected chi connectivity index (χ0v) is 26.3. The van der Waals surface area contributed by atoms with Gasteiger partial charge in [-0.1, -0.05) is 74.5 Å². The minimum absolute atomic E-state index is 0.0643. The largest absolute Gasteiger partial charge is 0.480 e. The number of carbonyl (C=O) groups excluding carboxylic acids is 2. The number of amides is 2. The first-order valence-corrected chi connectivity index (χ1v) is 15.7. The molecule has 5 rings (SSSR count). The van der Waals surface area contributed by atoms with Gasteiger partial charge < -0.3 is 24.8 Å². The molecule has 0 saturated carbocycles. The normalized spacial score (nSPS) is 15.8. The Morgan fingerprint density at radius 3 is 2.22 bits per heavy atom. The molecule has 9 heteroatoms. The molecule has 9 nitrogen and oxygen atoms in total. The van der Waals surface area contributed by atoms with Crippen LogP contribution < -0.4 is 10.2 Å². The minimum Gasteiger partial charge on any atom is -0.480 e. The van der Waals surface area contributed by atoms with E-state index in [1.807, 2.05) is 86.3 Å². The van der Waals surface area contributed by atoms with Crippen molar-refractivity contribution in [1.82, 2.24) is 10.2 Å². The van der Waals surface area contributed by atoms with Crippen LogP contribution in [0.3, 0.4) is 0 Å². The molecule has 3 aromatic carbocycles. The van der Waals surface area contributed by atoms with Crippen LogP contribution in [0, 0.1) is 5.41 Å². The molecule has 1 aliphatic heterocycles. The maximum atomic E-state index is 12.8. The molecular weight excluding hydrogens is 570 g/mol. The number of ether oxygens (including phenoxy) is 2. The Bertz CT molecular complexity index is 1460. The first kappa shape index (κ1) is 32.2. The number of nitrogens with one attached hydrogen (secondary N) is 1. The van der Waals surface area contributed by atoms with E-state index in [0.717, 1.165) is 46.6 Å². The number of hydrogen-bond donors (Lipinski definition) is 2. The lowest BCUT2D eigenvalue weighted by Crippen LogP contribution is -2.51. The summed E-state index contributed by atoms with van der Waals surface area (Å²) in [7, 11) is 0. The molecule has 45 heavy (non-hydrogen) atoms. The summed E-state index contributed by atoms with van der Waals surface area (Å²) in [4.78, 5) is 41.7. The fourth-order valence-electron chi connectivity index (χ4n) is 6.48. The molecule has 0 spiro atoms. The fourth-order valence-corrected chi connectivity index (χ4v) is 6.48. The second-order valence-electron chi connectivity index (χ2n) is 12.6. The third kappa shape index (κ3) is 7.90. The van der Waals surface area contributed by atoms with Gasteiger partial charge in [-0.05, 0) is 65.1 Å². The summed E-state index contributed by atoms with van der Waals surface area (Å²) >= 11 is 0. The van der Waals surface area contributed by atoms with Gasteiger partial charge in [0.1, 0.15) is 12.6 Å². The Labute approximate surface area is 265 Å². The number of fused-ring (bicyclic) bond motifs is 3. The Kier molecular flexibility index (Phi) is 10.2. The first-order chi connectivity index (χ1) is 21.6. The molecule has 0 unspecified atom stereocenters. The molecule has 1 heterocycles. The van der Waals surface area contributed by atoms with Gasteiger partial charge >= 0.3 is 12.1 Å². The SMILES string of the molecule is CCOCCN1CCN(c2ccc(CC(C)(C)C[C@H](NC(=O)OCC3c4ccccc4-c4ccccc43)C(=O)O)cc2)C(=O)C1. The molecular formula is C36H43N3O6. The third-order valence-corrected chi connectivity index (χ3v) is 8.68. The highest BCUT2D eigenvalue weighted by Gasteiger charge is 2.32. The number of carbonyl (C=O) groups is 3. The van der Waals surface area contributed by atoms with Crippen LogP contribution in [0.5, 0.6) is 0 Å². The molecule has 1 fully saturated rings. The minimum atomic E-state index is -1.11. The molecule has 0 radical (unpaired) electrons. The molecule has 238 valence electrons. The molecule has 0 bridgehead atoms. The number of piperazine rings is 1. The number of carboxylic acids is 1. The van der Waals surface area contributed by atoms with Gasteiger partial charge in [0.05, 0.1) is 13.2 Å². The average molecular weight is 614 g/mol. The van der Waals surface area contributed by atoms with Crippen molar-refractivity contribution in [3.8, 4) is 11.1 Å². The number of aliphatic carboxylic acids is 1. The Morgan fingerprint density at radius 2 is 1.62 bits per heavy atom. The second kappa shape index (κ2) is 14.3. The monoisotopic (exact) mass is 613 g/mol. The van der Waals surface area contributed by atoms with Gasteiger partial charge in [-0.25, -0.2) is 9.59 Å². The van der Waals surface area contributed by atoms with Gasteiger partial charge in [0.25, 0.3) is 0 Å². The standard InChI is InChI=1S/C36H43N3O6/c1-4-44-20-19-38-17-18-39(33(40)23-38)26-15-13-25(14-16-26)21-36(2,3)22-32(34(41)42)37-35(43)45-24-31-29-11-7-5-9-27(29)28-10-6-8-12-30(28)31/h5-16,31-32H,4,17-24H2,1-3H3,(H,37,43)(H,41,42)/t32-/m0/s1. The summed E-state index contributed by atoms with van der Waals surface area (Å²) in [6.07, 6.45) is 0.0751. The van der Waals surface area contributed by atoms with Gasteiger partial charge in [0, 0.05) is 37.8 Å². The lowest BCUT2D eigenvalue weighted by molar-refractivity contribution is -0.140. The van der Waals surface area contributed by atoms with Crippen LogP contribution in [0.2, 0.25) is 0 Å². The van der Waals surface area contributed by atoms with E-state index >= 15 is 0 Å².